The molecule has 0 aliphatic rings. The molecule has 0 saturated carbocycles. The summed E-state index contributed by atoms with van der Waals surface area (Å²) < 4.78 is 3.20. The molecule has 0 fully saturated rings. The van der Waals surface area contributed by atoms with E-state index in [-0.39, 0.29) is 0 Å². The van der Waals surface area contributed by atoms with Gasteiger partial charge in [-0.1, -0.05) is 13.8 Å². The second-order valence-corrected chi connectivity index (χ2v) is 6.06. The van der Waals surface area contributed by atoms with Crippen molar-refractivity contribution >= 4 is 15.9 Å². The monoisotopic (exact) mass is 330 g/mol. The maximum absolute atomic E-state index is 4.57. The van der Waals surface area contributed by atoms with Crippen LogP contribution in [-0.4, -0.2) is 53.3 Å². The fourth-order valence-corrected chi connectivity index (χ4v) is 2.87. The minimum atomic E-state index is 0.964. The van der Waals surface area contributed by atoms with Gasteiger partial charge in [-0.15, -0.1) is 0 Å². The van der Waals surface area contributed by atoms with E-state index in [1.54, 1.807) is 0 Å². The highest BCUT2D eigenvalue weighted by molar-refractivity contribution is 9.10. The first kappa shape index (κ1) is 16.7. The van der Waals surface area contributed by atoms with Crippen molar-refractivity contribution in [1.29, 1.82) is 0 Å². The Morgan fingerprint density at radius 3 is 2.32 bits per heavy atom. The summed E-state index contributed by atoms with van der Waals surface area (Å²) in [6, 6.07) is 0. The first-order valence-corrected chi connectivity index (χ1v) is 7.86. The highest BCUT2D eigenvalue weighted by Gasteiger charge is 2.15. The number of nitrogens with zero attached hydrogens (tertiary/aromatic N) is 4. The van der Waals surface area contributed by atoms with Gasteiger partial charge in [-0.25, -0.2) is 0 Å². The summed E-state index contributed by atoms with van der Waals surface area (Å²) in [4.78, 5) is 4.74. The molecule has 0 aromatic carbocycles. The molecular weight excluding hydrogens is 304 g/mol. The number of aromatic nitrogens is 2. The molecule has 1 aromatic rings. The standard InChI is InChI=1S/C14H27BrN4/c1-6-8-19(10-9-17(3)4)11-13-14(15)12(7-2)16-18(13)5/h6-11H2,1-5H3. The van der Waals surface area contributed by atoms with Gasteiger partial charge < -0.3 is 4.90 Å². The highest BCUT2D eigenvalue weighted by Crippen LogP contribution is 2.22. The Morgan fingerprint density at radius 2 is 1.84 bits per heavy atom. The van der Waals surface area contributed by atoms with Crippen LogP contribution >= 0.6 is 15.9 Å². The van der Waals surface area contributed by atoms with Crippen LogP contribution < -0.4 is 0 Å². The van der Waals surface area contributed by atoms with Crippen molar-refractivity contribution in [3.63, 3.8) is 0 Å². The van der Waals surface area contributed by atoms with Crippen molar-refractivity contribution in [2.75, 3.05) is 33.7 Å². The summed E-state index contributed by atoms with van der Waals surface area (Å²) in [5.41, 5.74) is 2.44. The number of hydrogen-bond donors (Lipinski definition) is 0. The lowest BCUT2D eigenvalue weighted by Gasteiger charge is -2.23. The average Bonchev–Trinajstić information content (AvgIpc) is 2.63. The molecule has 0 unspecified atom stereocenters. The van der Waals surface area contributed by atoms with Crippen molar-refractivity contribution in [3.05, 3.63) is 15.9 Å². The van der Waals surface area contributed by atoms with Gasteiger partial charge in [0.2, 0.25) is 0 Å². The van der Waals surface area contributed by atoms with Crippen LogP contribution in [0.3, 0.4) is 0 Å². The van der Waals surface area contributed by atoms with E-state index in [9.17, 15) is 0 Å². The van der Waals surface area contributed by atoms with Crippen LogP contribution in [0.2, 0.25) is 0 Å². The molecule has 0 spiro atoms. The number of aryl methyl sites for hydroxylation is 2. The molecule has 1 aromatic heterocycles. The zero-order valence-corrected chi connectivity index (χ0v) is 14.5. The Morgan fingerprint density at radius 1 is 1.16 bits per heavy atom. The number of likely N-dealkylation sites (N-methyl/N-ethyl adjacent to an activating group) is 1. The summed E-state index contributed by atoms with van der Waals surface area (Å²) in [6.07, 6.45) is 2.16. The van der Waals surface area contributed by atoms with E-state index >= 15 is 0 Å². The quantitative estimate of drug-likeness (QED) is 0.732. The molecule has 0 aliphatic heterocycles. The molecule has 1 rings (SSSR count). The van der Waals surface area contributed by atoms with E-state index in [0.717, 1.165) is 38.3 Å². The third-order valence-electron chi connectivity index (χ3n) is 3.28. The first-order valence-electron chi connectivity index (χ1n) is 7.06. The molecule has 0 bridgehead atoms. The maximum Gasteiger partial charge on any atom is 0.0767 e. The number of hydrogen-bond acceptors (Lipinski definition) is 3. The van der Waals surface area contributed by atoms with Gasteiger partial charge in [0, 0.05) is 26.7 Å². The summed E-state index contributed by atoms with van der Waals surface area (Å²) >= 11 is 3.70. The average molecular weight is 331 g/mol. The Labute approximate surface area is 125 Å². The summed E-state index contributed by atoms with van der Waals surface area (Å²) in [5, 5.41) is 4.57. The van der Waals surface area contributed by atoms with E-state index in [1.165, 1.54) is 16.6 Å². The fraction of sp³-hybridized carbons (Fsp3) is 0.786. The summed E-state index contributed by atoms with van der Waals surface area (Å²) in [7, 11) is 6.29. The van der Waals surface area contributed by atoms with Crippen molar-refractivity contribution in [1.82, 2.24) is 19.6 Å². The third kappa shape index (κ3) is 4.89. The van der Waals surface area contributed by atoms with Gasteiger partial charge in [-0.3, -0.25) is 9.58 Å². The Bertz CT molecular complexity index is 387. The molecule has 0 aliphatic carbocycles. The second kappa shape index (κ2) is 8.02. The van der Waals surface area contributed by atoms with E-state index in [0.29, 0.717) is 0 Å². The lowest BCUT2D eigenvalue weighted by atomic mass is 10.2. The van der Waals surface area contributed by atoms with Crippen LogP contribution in [0.15, 0.2) is 4.47 Å². The SMILES string of the molecule is CCCN(CCN(C)C)Cc1c(Br)c(CC)nn1C. The largest absolute Gasteiger partial charge is 0.308 e. The minimum Gasteiger partial charge on any atom is -0.308 e. The molecule has 0 saturated heterocycles. The minimum absolute atomic E-state index is 0.964. The zero-order chi connectivity index (χ0) is 14.4. The van der Waals surface area contributed by atoms with Crippen molar-refractivity contribution in [3.8, 4) is 0 Å². The Balaban J connectivity index is 2.75. The van der Waals surface area contributed by atoms with Crippen LogP contribution in [-0.2, 0) is 20.0 Å². The van der Waals surface area contributed by atoms with Crippen LogP contribution in [0.5, 0.6) is 0 Å². The van der Waals surface area contributed by atoms with Crippen LogP contribution in [0.1, 0.15) is 31.7 Å². The molecule has 4 nitrogen and oxygen atoms in total. The van der Waals surface area contributed by atoms with Crippen LogP contribution in [0.25, 0.3) is 0 Å². The predicted octanol–water partition coefficient (Wildman–Crippen LogP) is 2.52. The van der Waals surface area contributed by atoms with Gasteiger partial charge in [0.25, 0.3) is 0 Å². The maximum atomic E-state index is 4.57. The summed E-state index contributed by atoms with van der Waals surface area (Å²) in [6.45, 7) is 8.67. The molecule has 5 heteroatoms. The van der Waals surface area contributed by atoms with Crippen molar-refractivity contribution < 1.29 is 0 Å². The van der Waals surface area contributed by atoms with Gasteiger partial charge in [0.1, 0.15) is 0 Å². The van der Waals surface area contributed by atoms with E-state index in [2.05, 4.69) is 58.8 Å². The van der Waals surface area contributed by atoms with Crippen molar-refractivity contribution in [2.45, 2.75) is 33.2 Å². The first-order chi connectivity index (χ1) is 8.99. The van der Waals surface area contributed by atoms with Crippen molar-refractivity contribution in [2.24, 2.45) is 7.05 Å². The van der Waals surface area contributed by atoms with Gasteiger partial charge in [-0.2, -0.15) is 5.10 Å². The summed E-state index contributed by atoms with van der Waals surface area (Å²) in [5.74, 6) is 0. The molecule has 0 amide bonds. The molecule has 0 atom stereocenters. The normalized spacial score (nSPS) is 11.8. The van der Waals surface area contributed by atoms with E-state index in [4.69, 9.17) is 0 Å². The molecular formula is C14H27BrN4. The van der Waals surface area contributed by atoms with E-state index < -0.39 is 0 Å². The highest BCUT2D eigenvalue weighted by atomic mass is 79.9. The molecule has 0 radical (unpaired) electrons. The Hall–Kier alpha value is -0.390. The van der Waals surface area contributed by atoms with Gasteiger partial charge in [-0.05, 0) is 49.4 Å². The molecule has 110 valence electrons. The van der Waals surface area contributed by atoms with E-state index in [1.807, 2.05) is 11.7 Å². The Kier molecular flexibility index (Phi) is 7.04. The zero-order valence-electron chi connectivity index (χ0n) is 12.9. The number of rotatable bonds is 8. The predicted molar refractivity (Wildman–Crippen MR) is 84.4 cm³/mol. The van der Waals surface area contributed by atoms with Gasteiger partial charge in [0.05, 0.1) is 15.9 Å². The van der Waals surface area contributed by atoms with Crippen LogP contribution in [0.4, 0.5) is 0 Å². The molecule has 0 N–H and O–H groups in total. The van der Waals surface area contributed by atoms with Crippen LogP contribution in [0, 0.1) is 0 Å². The van der Waals surface area contributed by atoms with Gasteiger partial charge >= 0.3 is 0 Å². The molecule has 1 heterocycles. The fourth-order valence-electron chi connectivity index (χ4n) is 2.13. The smallest absolute Gasteiger partial charge is 0.0767 e. The third-order valence-corrected chi connectivity index (χ3v) is 4.19. The lowest BCUT2D eigenvalue weighted by Crippen LogP contribution is -2.32. The van der Waals surface area contributed by atoms with Gasteiger partial charge in [0.15, 0.2) is 0 Å². The topological polar surface area (TPSA) is 24.3 Å². The number of halogens is 1. The molecule has 19 heavy (non-hydrogen) atoms. The second-order valence-electron chi connectivity index (χ2n) is 5.26. The lowest BCUT2D eigenvalue weighted by molar-refractivity contribution is 0.229.